The molecule has 0 amide bonds. The van der Waals surface area contributed by atoms with Gasteiger partial charge >= 0.3 is 0 Å². The second-order valence-electron chi connectivity index (χ2n) is 4.23. The van der Waals surface area contributed by atoms with Gasteiger partial charge in [-0.1, -0.05) is 0 Å². The molecule has 0 aliphatic carbocycles. The van der Waals surface area contributed by atoms with E-state index in [4.69, 9.17) is 5.73 Å². The van der Waals surface area contributed by atoms with Crippen molar-refractivity contribution in [3.8, 4) is 0 Å². The van der Waals surface area contributed by atoms with Gasteiger partial charge in [0.1, 0.15) is 5.82 Å². The summed E-state index contributed by atoms with van der Waals surface area (Å²) in [5.74, 6) is 1.71. The molecule has 0 radical (unpaired) electrons. The lowest BCUT2D eigenvalue weighted by Gasteiger charge is -2.25. The summed E-state index contributed by atoms with van der Waals surface area (Å²) in [6, 6.07) is 0.329. The Hall–Kier alpha value is -1.69. The van der Waals surface area contributed by atoms with Crippen LogP contribution in [0, 0.1) is 6.92 Å². The summed E-state index contributed by atoms with van der Waals surface area (Å²) in [6.45, 7) is 4.72. The molecule has 2 aromatic rings. The van der Waals surface area contributed by atoms with Gasteiger partial charge in [0.15, 0.2) is 5.82 Å². The molecule has 2 rings (SSSR count). The fourth-order valence-electron chi connectivity index (χ4n) is 1.82. The van der Waals surface area contributed by atoms with Crippen molar-refractivity contribution >= 4 is 11.5 Å². The van der Waals surface area contributed by atoms with E-state index < -0.39 is 0 Å². The number of anilines is 1. The molecule has 0 saturated heterocycles. The zero-order valence-corrected chi connectivity index (χ0v) is 10.5. The number of hydrogen-bond donors (Lipinski definition) is 1. The van der Waals surface area contributed by atoms with Crippen LogP contribution in [0.3, 0.4) is 0 Å². The highest BCUT2D eigenvalue weighted by atomic mass is 15.3. The lowest BCUT2D eigenvalue weighted by molar-refractivity contribution is 0.629. The standard InChI is InChI=1S/C11H18N6/c1-8(4-5-12)16(3)10-11-15-14-9(2)17(11)7-6-13-10/h6-8H,4-5,12H2,1-3H3. The fourth-order valence-corrected chi connectivity index (χ4v) is 1.82. The molecule has 0 bridgehead atoms. The highest BCUT2D eigenvalue weighted by Gasteiger charge is 2.15. The molecule has 0 aliphatic rings. The Bertz CT molecular complexity index is 506. The number of nitrogens with two attached hydrogens (primary N) is 1. The maximum Gasteiger partial charge on any atom is 0.203 e. The lowest BCUT2D eigenvalue weighted by Crippen LogP contribution is -2.31. The summed E-state index contributed by atoms with van der Waals surface area (Å²) in [5.41, 5.74) is 6.37. The van der Waals surface area contributed by atoms with E-state index in [0.29, 0.717) is 12.6 Å². The Kier molecular flexibility index (Phi) is 3.23. The third-order valence-electron chi connectivity index (χ3n) is 3.06. The predicted octanol–water partition coefficient (Wildman–Crippen LogP) is 0.606. The van der Waals surface area contributed by atoms with Crippen LogP contribution in [0.15, 0.2) is 12.4 Å². The minimum Gasteiger partial charge on any atom is -0.354 e. The van der Waals surface area contributed by atoms with E-state index in [1.54, 1.807) is 6.20 Å². The number of fused-ring (bicyclic) bond motifs is 1. The van der Waals surface area contributed by atoms with E-state index in [1.807, 2.05) is 24.6 Å². The molecule has 6 nitrogen and oxygen atoms in total. The zero-order chi connectivity index (χ0) is 12.4. The van der Waals surface area contributed by atoms with Crippen LogP contribution in [-0.4, -0.2) is 39.2 Å². The smallest absolute Gasteiger partial charge is 0.203 e. The average Bonchev–Trinajstić information content (AvgIpc) is 2.71. The molecular formula is C11H18N6. The van der Waals surface area contributed by atoms with Gasteiger partial charge in [0, 0.05) is 25.5 Å². The third kappa shape index (κ3) is 2.08. The molecule has 2 heterocycles. The summed E-state index contributed by atoms with van der Waals surface area (Å²) in [4.78, 5) is 6.48. The van der Waals surface area contributed by atoms with Crippen molar-refractivity contribution in [3.05, 3.63) is 18.2 Å². The molecule has 17 heavy (non-hydrogen) atoms. The summed E-state index contributed by atoms with van der Waals surface area (Å²) >= 11 is 0. The van der Waals surface area contributed by atoms with Crippen LogP contribution in [0.4, 0.5) is 5.82 Å². The zero-order valence-electron chi connectivity index (χ0n) is 10.5. The van der Waals surface area contributed by atoms with Crippen molar-refractivity contribution in [2.24, 2.45) is 5.73 Å². The van der Waals surface area contributed by atoms with Crippen LogP contribution < -0.4 is 10.6 Å². The first-order chi connectivity index (χ1) is 8.15. The monoisotopic (exact) mass is 234 g/mol. The van der Waals surface area contributed by atoms with Gasteiger partial charge in [-0.3, -0.25) is 4.40 Å². The first-order valence-electron chi connectivity index (χ1n) is 5.74. The molecule has 1 unspecified atom stereocenters. The Morgan fingerprint density at radius 3 is 2.94 bits per heavy atom. The Labute approximate surface area is 100 Å². The molecule has 0 aromatic carbocycles. The number of nitrogens with zero attached hydrogens (tertiary/aromatic N) is 5. The van der Waals surface area contributed by atoms with Crippen molar-refractivity contribution in [2.45, 2.75) is 26.3 Å². The van der Waals surface area contributed by atoms with Gasteiger partial charge in [0.2, 0.25) is 5.65 Å². The molecule has 0 fully saturated rings. The van der Waals surface area contributed by atoms with Crippen molar-refractivity contribution in [2.75, 3.05) is 18.5 Å². The molecule has 6 heteroatoms. The maximum atomic E-state index is 5.58. The van der Waals surface area contributed by atoms with Gasteiger partial charge in [-0.25, -0.2) is 4.98 Å². The fraction of sp³-hybridized carbons (Fsp3) is 0.545. The van der Waals surface area contributed by atoms with Crippen LogP contribution in [0.2, 0.25) is 0 Å². The summed E-state index contributed by atoms with van der Waals surface area (Å²) < 4.78 is 1.94. The van der Waals surface area contributed by atoms with Crippen LogP contribution >= 0.6 is 0 Å². The van der Waals surface area contributed by atoms with Crippen LogP contribution in [0.5, 0.6) is 0 Å². The predicted molar refractivity (Wildman–Crippen MR) is 67.1 cm³/mol. The number of rotatable bonds is 4. The van der Waals surface area contributed by atoms with E-state index in [9.17, 15) is 0 Å². The third-order valence-corrected chi connectivity index (χ3v) is 3.06. The quantitative estimate of drug-likeness (QED) is 0.839. The second-order valence-corrected chi connectivity index (χ2v) is 4.23. The highest BCUT2D eigenvalue weighted by molar-refractivity contribution is 5.63. The molecule has 92 valence electrons. The van der Waals surface area contributed by atoms with Gasteiger partial charge in [-0.2, -0.15) is 0 Å². The van der Waals surface area contributed by atoms with Crippen LogP contribution in [0.1, 0.15) is 19.2 Å². The van der Waals surface area contributed by atoms with Crippen molar-refractivity contribution in [3.63, 3.8) is 0 Å². The minimum absolute atomic E-state index is 0.329. The first-order valence-corrected chi connectivity index (χ1v) is 5.74. The molecule has 0 spiro atoms. The number of aromatic nitrogens is 4. The first kappa shape index (κ1) is 11.8. The van der Waals surface area contributed by atoms with Crippen molar-refractivity contribution in [1.82, 2.24) is 19.6 Å². The maximum absolute atomic E-state index is 5.58. The normalized spacial score (nSPS) is 12.9. The van der Waals surface area contributed by atoms with Gasteiger partial charge in [0.25, 0.3) is 0 Å². The molecule has 2 aromatic heterocycles. The molecule has 1 atom stereocenters. The molecular weight excluding hydrogens is 216 g/mol. The highest BCUT2D eigenvalue weighted by Crippen LogP contribution is 2.18. The minimum atomic E-state index is 0.329. The molecule has 2 N–H and O–H groups in total. The van der Waals surface area contributed by atoms with E-state index >= 15 is 0 Å². The summed E-state index contributed by atoms with van der Waals surface area (Å²) in [6.07, 6.45) is 4.56. The van der Waals surface area contributed by atoms with Crippen LogP contribution in [-0.2, 0) is 0 Å². The summed E-state index contributed by atoms with van der Waals surface area (Å²) in [7, 11) is 2.01. The van der Waals surface area contributed by atoms with E-state index in [1.165, 1.54) is 0 Å². The van der Waals surface area contributed by atoms with E-state index in [-0.39, 0.29) is 0 Å². The van der Waals surface area contributed by atoms with Gasteiger partial charge in [-0.15, -0.1) is 10.2 Å². The van der Waals surface area contributed by atoms with Gasteiger partial charge in [-0.05, 0) is 26.8 Å². The van der Waals surface area contributed by atoms with Crippen LogP contribution in [0.25, 0.3) is 5.65 Å². The van der Waals surface area contributed by atoms with Crippen molar-refractivity contribution in [1.29, 1.82) is 0 Å². The Morgan fingerprint density at radius 1 is 1.47 bits per heavy atom. The van der Waals surface area contributed by atoms with Gasteiger partial charge in [0.05, 0.1) is 0 Å². The van der Waals surface area contributed by atoms with E-state index in [2.05, 4.69) is 27.0 Å². The van der Waals surface area contributed by atoms with E-state index in [0.717, 1.165) is 23.7 Å². The summed E-state index contributed by atoms with van der Waals surface area (Å²) in [5, 5.41) is 8.23. The Morgan fingerprint density at radius 2 is 2.24 bits per heavy atom. The topological polar surface area (TPSA) is 72.3 Å². The van der Waals surface area contributed by atoms with Crippen molar-refractivity contribution < 1.29 is 0 Å². The largest absolute Gasteiger partial charge is 0.354 e. The second kappa shape index (κ2) is 4.67. The average molecular weight is 234 g/mol. The Balaban J connectivity index is 2.41. The molecule has 0 aliphatic heterocycles. The van der Waals surface area contributed by atoms with Gasteiger partial charge < -0.3 is 10.6 Å². The SMILES string of the molecule is Cc1nnc2c(N(C)C(C)CCN)nccn12. The number of aryl methyl sites for hydroxylation is 1. The molecule has 0 saturated carbocycles. The number of hydrogen-bond acceptors (Lipinski definition) is 5. The lowest BCUT2D eigenvalue weighted by atomic mass is 10.2.